The van der Waals surface area contributed by atoms with Crippen LogP contribution in [0, 0.1) is 13.8 Å². The smallest absolute Gasteiger partial charge is 0.337 e. The lowest BCUT2D eigenvalue weighted by molar-refractivity contribution is -0.132. The molecule has 7 nitrogen and oxygen atoms in total. The Kier molecular flexibility index (Phi) is 6.42. The highest BCUT2D eigenvalue weighted by Crippen LogP contribution is 2.43. The van der Waals surface area contributed by atoms with Crippen LogP contribution in [0.5, 0.6) is 5.75 Å². The number of aryl methyl sites for hydroxylation is 2. The number of ketones is 1. The maximum atomic E-state index is 13.3. The zero-order valence-electron chi connectivity index (χ0n) is 19.9. The van der Waals surface area contributed by atoms with Gasteiger partial charge < -0.3 is 14.6 Å². The molecule has 1 saturated heterocycles. The summed E-state index contributed by atoms with van der Waals surface area (Å²) in [6, 6.07) is 17.6. The predicted molar refractivity (Wildman–Crippen MR) is 131 cm³/mol. The maximum Gasteiger partial charge on any atom is 0.337 e. The molecule has 1 atom stereocenters. The maximum absolute atomic E-state index is 13.3. The lowest BCUT2D eigenvalue weighted by Gasteiger charge is -2.26. The Bertz CT molecular complexity index is 1360. The van der Waals surface area contributed by atoms with Gasteiger partial charge in [0.05, 0.1) is 31.4 Å². The van der Waals surface area contributed by atoms with Gasteiger partial charge in [-0.05, 0) is 73.0 Å². The first-order chi connectivity index (χ1) is 16.8. The second kappa shape index (κ2) is 9.46. The number of aliphatic hydroxyl groups excluding tert-OH is 1. The number of nitrogens with zero attached hydrogens (tertiary/aromatic N) is 1. The molecule has 0 aromatic heterocycles. The van der Waals surface area contributed by atoms with E-state index in [0.29, 0.717) is 28.1 Å². The van der Waals surface area contributed by atoms with Crippen LogP contribution in [0.3, 0.4) is 0 Å². The molecule has 1 amide bonds. The molecule has 1 N–H and O–H groups in total. The highest BCUT2D eigenvalue weighted by Gasteiger charge is 2.47. The van der Waals surface area contributed by atoms with Gasteiger partial charge in [0, 0.05) is 11.3 Å². The van der Waals surface area contributed by atoms with Crippen molar-refractivity contribution in [2.45, 2.75) is 19.9 Å². The van der Waals surface area contributed by atoms with Crippen molar-refractivity contribution in [3.05, 3.63) is 100 Å². The summed E-state index contributed by atoms with van der Waals surface area (Å²) >= 11 is 0. The van der Waals surface area contributed by atoms with Crippen LogP contribution >= 0.6 is 0 Å². The summed E-state index contributed by atoms with van der Waals surface area (Å²) in [6.07, 6.45) is 0. The molecular weight excluding hydrogens is 446 g/mol. The van der Waals surface area contributed by atoms with E-state index in [0.717, 1.165) is 11.1 Å². The zero-order chi connectivity index (χ0) is 25.3. The minimum atomic E-state index is -0.907. The average Bonchev–Trinajstić information content (AvgIpc) is 3.15. The summed E-state index contributed by atoms with van der Waals surface area (Å²) in [5.41, 5.74) is 3.69. The number of benzene rings is 3. The summed E-state index contributed by atoms with van der Waals surface area (Å²) < 4.78 is 10.1. The van der Waals surface area contributed by atoms with Crippen LogP contribution in [0.2, 0.25) is 0 Å². The number of Topliss-reactive ketones (excluding diaryl/α,β-unsaturated/α-hetero) is 1. The summed E-state index contributed by atoms with van der Waals surface area (Å²) in [5.74, 6) is -1.81. The Morgan fingerprint density at radius 3 is 2.20 bits per heavy atom. The largest absolute Gasteiger partial charge is 0.507 e. The van der Waals surface area contributed by atoms with Gasteiger partial charge in [0.2, 0.25) is 0 Å². The second-order valence-corrected chi connectivity index (χ2v) is 8.28. The van der Waals surface area contributed by atoms with E-state index in [1.165, 1.54) is 31.3 Å². The molecule has 1 aliphatic heterocycles. The second-order valence-electron chi connectivity index (χ2n) is 8.28. The van der Waals surface area contributed by atoms with E-state index < -0.39 is 23.7 Å². The molecule has 3 aromatic rings. The average molecular weight is 472 g/mol. The van der Waals surface area contributed by atoms with Crippen LogP contribution in [-0.2, 0) is 14.3 Å². The molecule has 178 valence electrons. The number of carbonyl (C=O) groups is 3. The number of hydrogen-bond acceptors (Lipinski definition) is 6. The molecule has 35 heavy (non-hydrogen) atoms. The fraction of sp³-hybridized carbons (Fsp3) is 0.179. The Labute approximate surface area is 203 Å². The summed E-state index contributed by atoms with van der Waals surface area (Å²) in [7, 11) is 2.81. The molecule has 3 aromatic carbocycles. The van der Waals surface area contributed by atoms with Crippen molar-refractivity contribution >= 4 is 29.1 Å². The summed E-state index contributed by atoms with van der Waals surface area (Å²) in [6.45, 7) is 3.86. The molecule has 4 rings (SSSR count). The van der Waals surface area contributed by atoms with Gasteiger partial charge in [-0.1, -0.05) is 24.3 Å². The van der Waals surface area contributed by atoms with Crippen molar-refractivity contribution in [3.63, 3.8) is 0 Å². The molecule has 1 heterocycles. The van der Waals surface area contributed by atoms with E-state index in [9.17, 15) is 19.5 Å². The first kappa shape index (κ1) is 23.8. The molecule has 0 spiro atoms. The number of methoxy groups -OCH3 is 2. The third-order valence-electron chi connectivity index (χ3n) is 6.20. The fourth-order valence-corrected chi connectivity index (χ4v) is 4.15. The number of amides is 1. The Hall–Kier alpha value is -4.39. The number of hydrogen-bond donors (Lipinski definition) is 1. The predicted octanol–water partition coefficient (Wildman–Crippen LogP) is 4.72. The molecule has 7 heteroatoms. The molecule has 1 aliphatic rings. The number of ether oxygens (including phenoxy) is 2. The molecule has 1 fully saturated rings. The molecule has 1 unspecified atom stereocenters. The number of carbonyl (C=O) groups excluding carboxylic acids is 3. The van der Waals surface area contributed by atoms with Crippen molar-refractivity contribution in [3.8, 4) is 5.75 Å². The third kappa shape index (κ3) is 4.28. The van der Waals surface area contributed by atoms with Crippen molar-refractivity contribution in [1.29, 1.82) is 0 Å². The first-order valence-corrected chi connectivity index (χ1v) is 11.0. The van der Waals surface area contributed by atoms with Gasteiger partial charge in [0.25, 0.3) is 11.7 Å². The van der Waals surface area contributed by atoms with E-state index in [2.05, 4.69) is 0 Å². The van der Waals surface area contributed by atoms with Gasteiger partial charge >= 0.3 is 5.97 Å². The first-order valence-electron chi connectivity index (χ1n) is 11.0. The zero-order valence-corrected chi connectivity index (χ0v) is 19.9. The van der Waals surface area contributed by atoms with Crippen molar-refractivity contribution in [2.24, 2.45) is 0 Å². The van der Waals surface area contributed by atoms with Gasteiger partial charge in [-0.25, -0.2) is 4.79 Å². The van der Waals surface area contributed by atoms with Crippen molar-refractivity contribution in [2.75, 3.05) is 19.1 Å². The quantitative estimate of drug-likeness (QED) is 0.250. The molecular formula is C28H25NO6. The van der Waals surface area contributed by atoms with Crippen LogP contribution in [0.15, 0.2) is 72.3 Å². The van der Waals surface area contributed by atoms with Gasteiger partial charge in [-0.2, -0.15) is 0 Å². The number of anilines is 1. The minimum Gasteiger partial charge on any atom is -0.507 e. The van der Waals surface area contributed by atoms with E-state index >= 15 is 0 Å². The minimum absolute atomic E-state index is 0.0245. The van der Waals surface area contributed by atoms with Gasteiger partial charge in [0.1, 0.15) is 11.5 Å². The van der Waals surface area contributed by atoms with Gasteiger partial charge in [-0.3, -0.25) is 14.5 Å². The van der Waals surface area contributed by atoms with Crippen LogP contribution in [0.1, 0.15) is 38.7 Å². The van der Waals surface area contributed by atoms with E-state index in [-0.39, 0.29) is 11.3 Å². The lowest BCUT2D eigenvalue weighted by atomic mass is 9.94. The molecule has 0 bridgehead atoms. The third-order valence-corrected chi connectivity index (χ3v) is 6.20. The van der Waals surface area contributed by atoms with E-state index in [4.69, 9.17) is 9.47 Å². The SMILES string of the molecule is COC(=O)c1ccc(N2C(=O)C(=O)/C(=C(\O)c3ccc(C)c(C)c3)C2c2cccc(OC)c2)cc1. The standard InChI is InChI=1S/C28H25NO6/c1-16-8-9-20(14-17(16)2)25(30)23-24(19-6-5-7-22(15-19)34-3)29(27(32)26(23)31)21-12-10-18(11-13-21)28(33)35-4/h5-15,24,30H,1-4H3/b25-23-. The van der Waals surface area contributed by atoms with E-state index in [1.54, 1.807) is 48.5 Å². The van der Waals surface area contributed by atoms with Gasteiger partial charge in [-0.15, -0.1) is 0 Å². The molecule has 0 radical (unpaired) electrons. The number of aliphatic hydroxyl groups is 1. The van der Waals surface area contributed by atoms with Crippen LogP contribution in [-0.4, -0.2) is 37.0 Å². The van der Waals surface area contributed by atoms with Crippen molar-refractivity contribution in [1.82, 2.24) is 0 Å². The highest BCUT2D eigenvalue weighted by atomic mass is 16.5. The summed E-state index contributed by atoms with van der Waals surface area (Å²) in [5, 5.41) is 11.3. The fourth-order valence-electron chi connectivity index (χ4n) is 4.15. The van der Waals surface area contributed by atoms with Gasteiger partial charge in [0.15, 0.2) is 0 Å². The lowest BCUT2D eigenvalue weighted by Crippen LogP contribution is -2.29. The van der Waals surface area contributed by atoms with E-state index in [1.807, 2.05) is 19.9 Å². The topological polar surface area (TPSA) is 93.1 Å². The highest BCUT2D eigenvalue weighted by molar-refractivity contribution is 6.51. The Balaban J connectivity index is 1.92. The Morgan fingerprint density at radius 2 is 1.57 bits per heavy atom. The Morgan fingerprint density at radius 1 is 0.886 bits per heavy atom. The summed E-state index contributed by atoms with van der Waals surface area (Å²) in [4.78, 5) is 39.8. The molecule has 0 aliphatic carbocycles. The monoisotopic (exact) mass is 471 g/mol. The van der Waals surface area contributed by atoms with Crippen LogP contribution < -0.4 is 9.64 Å². The van der Waals surface area contributed by atoms with Crippen molar-refractivity contribution < 1.29 is 29.0 Å². The number of esters is 1. The van der Waals surface area contributed by atoms with Crippen LogP contribution in [0.4, 0.5) is 5.69 Å². The molecule has 0 saturated carbocycles. The number of rotatable bonds is 5. The normalized spacial score (nSPS) is 16.9. The van der Waals surface area contributed by atoms with Crippen LogP contribution in [0.25, 0.3) is 5.76 Å².